The van der Waals surface area contributed by atoms with Gasteiger partial charge in [-0.15, -0.1) is 0 Å². The Morgan fingerprint density at radius 1 is 1.22 bits per heavy atom. The molecule has 0 aliphatic rings. The Kier molecular flexibility index (Phi) is 6.62. The maximum Gasteiger partial charge on any atom is 0.232 e. The van der Waals surface area contributed by atoms with Crippen LogP contribution in [0.5, 0.6) is 0 Å². The van der Waals surface area contributed by atoms with E-state index in [-0.39, 0.29) is 24.3 Å². The summed E-state index contributed by atoms with van der Waals surface area (Å²) in [4.78, 5) is 11.8. The van der Waals surface area contributed by atoms with Crippen LogP contribution in [0, 0.1) is 0 Å². The van der Waals surface area contributed by atoms with Gasteiger partial charge in [-0.25, -0.2) is 8.42 Å². The number of amides is 1. The molecule has 1 aromatic rings. The summed E-state index contributed by atoms with van der Waals surface area (Å²) in [7, 11) is -3.46. The number of para-hydroxylation sites is 1. The highest BCUT2D eigenvalue weighted by molar-refractivity contribution is 7.92. The fraction of sp³-hybridized carbons (Fsp3) is 0.588. The molecule has 0 bridgehead atoms. The molecule has 1 amide bonds. The highest BCUT2D eigenvalue weighted by atomic mass is 32.2. The maximum atomic E-state index is 12.2. The first-order valence-corrected chi connectivity index (χ1v) is 9.76. The summed E-state index contributed by atoms with van der Waals surface area (Å²) in [5.74, 6) is -0.131. The van der Waals surface area contributed by atoms with E-state index in [1.165, 1.54) is 10.6 Å². The number of carbonyl (C=O) groups is 1. The molecule has 130 valence electrons. The molecular formula is C17H28N2O3S. The minimum absolute atomic E-state index is 0.131. The monoisotopic (exact) mass is 340 g/mol. The van der Waals surface area contributed by atoms with Gasteiger partial charge in [0.25, 0.3) is 0 Å². The molecule has 0 atom stereocenters. The van der Waals surface area contributed by atoms with Gasteiger partial charge in [-0.2, -0.15) is 0 Å². The van der Waals surface area contributed by atoms with Crippen LogP contribution in [0.15, 0.2) is 24.3 Å². The lowest BCUT2D eigenvalue weighted by atomic mass is 9.86. The first-order chi connectivity index (χ1) is 10.6. The Morgan fingerprint density at radius 2 is 1.83 bits per heavy atom. The van der Waals surface area contributed by atoms with Gasteiger partial charge in [0.1, 0.15) is 0 Å². The van der Waals surface area contributed by atoms with Gasteiger partial charge in [-0.05, 0) is 23.5 Å². The predicted molar refractivity (Wildman–Crippen MR) is 95.2 cm³/mol. The highest BCUT2D eigenvalue weighted by Crippen LogP contribution is 2.33. The average Bonchev–Trinajstić information content (AvgIpc) is 2.43. The van der Waals surface area contributed by atoms with E-state index in [4.69, 9.17) is 0 Å². The standard InChI is InChI=1S/C17H28N2O3S/c1-6-12-18-16(20)11-13-19(23(5,21)22)15-10-8-7-9-14(15)17(2,3)4/h7-10H,6,11-13H2,1-5H3,(H,18,20). The van der Waals surface area contributed by atoms with Crippen LogP contribution in [0.25, 0.3) is 0 Å². The third-order valence-corrected chi connectivity index (χ3v) is 4.68. The van der Waals surface area contributed by atoms with Crippen molar-refractivity contribution in [3.05, 3.63) is 29.8 Å². The summed E-state index contributed by atoms with van der Waals surface area (Å²) in [6, 6.07) is 7.45. The molecule has 0 spiro atoms. The summed E-state index contributed by atoms with van der Waals surface area (Å²) in [6.45, 7) is 8.85. The minimum atomic E-state index is -3.46. The summed E-state index contributed by atoms with van der Waals surface area (Å²) >= 11 is 0. The van der Waals surface area contributed by atoms with Crippen LogP contribution in [0.3, 0.4) is 0 Å². The molecule has 1 rings (SSSR count). The largest absolute Gasteiger partial charge is 0.356 e. The fourth-order valence-electron chi connectivity index (χ4n) is 2.35. The number of hydrogen-bond donors (Lipinski definition) is 1. The fourth-order valence-corrected chi connectivity index (χ4v) is 3.29. The molecular weight excluding hydrogens is 312 g/mol. The van der Waals surface area contributed by atoms with Crippen molar-refractivity contribution < 1.29 is 13.2 Å². The van der Waals surface area contributed by atoms with E-state index >= 15 is 0 Å². The van der Waals surface area contributed by atoms with Crippen molar-refractivity contribution >= 4 is 21.6 Å². The van der Waals surface area contributed by atoms with Crippen LogP contribution in [0.4, 0.5) is 5.69 Å². The zero-order chi connectivity index (χ0) is 17.7. The van der Waals surface area contributed by atoms with E-state index in [0.717, 1.165) is 12.0 Å². The quantitative estimate of drug-likeness (QED) is 0.830. The highest BCUT2D eigenvalue weighted by Gasteiger charge is 2.25. The number of rotatable bonds is 7. The topological polar surface area (TPSA) is 66.5 Å². The van der Waals surface area contributed by atoms with Crippen LogP contribution < -0.4 is 9.62 Å². The van der Waals surface area contributed by atoms with Crippen molar-refractivity contribution in [1.82, 2.24) is 5.32 Å². The molecule has 1 aromatic carbocycles. The van der Waals surface area contributed by atoms with Gasteiger partial charge in [0, 0.05) is 19.5 Å². The summed E-state index contributed by atoms with van der Waals surface area (Å²) in [5.41, 5.74) is 1.40. The van der Waals surface area contributed by atoms with E-state index in [1.54, 1.807) is 6.07 Å². The van der Waals surface area contributed by atoms with Crippen molar-refractivity contribution in [2.24, 2.45) is 0 Å². The SMILES string of the molecule is CCCNC(=O)CCN(c1ccccc1C(C)(C)C)S(C)(=O)=O. The van der Waals surface area contributed by atoms with Crippen LogP contribution in [-0.4, -0.2) is 33.7 Å². The van der Waals surface area contributed by atoms with Crippen LogP contribution in [0.2, 0.25) is 0 Å². The van der Waals surface area contributed by atoms with E-state index in [9.17, 15) is 13.2 Å². The predicted octanol–water partition coefficient (Wildman–Crippen LogP) is 2.67. The third kappa shape index (κ3) is 5.86. The lowest BCUT2D eigenvalue weighted by Gasteiger charge is -2.29. The van der Waals surface area contributed by atoms with Crippen LogP contribution in [0.1, 0.15) is 46.1 Å². The molecule has 6 heteroatoms. The summed E-state index contributed by atoms with van der Waals surface area (Å²) < 4.78 is 25.8. The molecule has 0 radical (unpaired) electrons. The normalized spacial score (nSPS) is 12.0. The first kappa shape index (κ1) is 19.5. The Labute approximate surface area is 140 Å². The zero-order valence-electron chi connectivity index (χ0n) is 14.7. The lowest BCUT2D eigenvalue weighted by molar-refractivity contribution is -0.120. The van der Waals surface area contributed by atoms with Gasteiger partial charge in [0.05, 0.1) is 11.9 Å². The van der Waals surface area contributed by atoms with Crippen molar-refractivity contribution in [3.8, 4) is 0 Å². The molecule has 0 saturated carbocycles. The molecule has 0 aliphatic carbocycles. The zero-order valence-corrected chi connectivity index (χ0v) is 15.5. The van der Waals surface area contributed by atoms with Gasteiger partial charge in [-0.1, -0.05) is 45.9 Å². The third-order valence-electron chi connectivity index (χ3n) is 3.50. The molecule has 1 N–H and O–H groups in total. The van der Waals surface area contributed by atoms with Crippen LogP contribution in [-0.2, 0) is 20.2 Å². The number of nitrogens with zero attached hydrogens (tertiary/aromatic N) is 1. The van der Waals surface area contributed by atoms with Crippen molar-refractivity contribution in [1.29, 1.82) is 0 Å². The molecule has 0 heterocycles. The molecule has 23 heavy (non-hydrogen) atoms. The second kappa shape index (κ2) is 7.81. The Balaban J connectivity index is 3.08. The second-order valence-electron chi connectivity index (χ2n) is 6.70. The molecule has 5 nitrogen and oxygen atoms in total. The Bertz CT molecular complexity index is 633. The number of benzene rings is 1. The smallest absolute Gasteiger partial charge is 0.232 e. The number of sulfonamides is 1. The number of carbonyl (C=O) groups excluding carboxylic acids is 1. The average molecular weight is 340 g/mol. The molecule has 0 saturated heterocycles. The minimum Gasteiger partial charge on any atom is -0.356 e. The Morgan fingerprint density at radius 3 is 2.35 bits per heavy atom. The molecule has 0 unspecified atom stereocenters. The van der Waals surface area contributed by atoms with E-state index < -0.39 is 10.0 Å². The maximum absolute atomic E-state index is 12.2. The van der Waals surface area contributed by atoms with Gasteiger partial charge in [-0.3, -0.25) is 9.10 Å². The number of anilines is 1. The summed E-state index contributed by atoms with van der Waals surface area (Å²) in [6.07, 6.45) is 2.18. The van der Waals surface area contributed by atoms with Crippen molar-refractivity contribution in [2.75, 3.05) is 23.7 Å². The van der Waals surface area contributed by atoms with Gasteiger partial charge < -0.3 is 5.32 Å². The number of nitrogens with one attached hydrogen (secondary N) is 1. The van der Waals surface area contributed by atoms with E-state index in [0.29, 0.717) is 12.2 Å². The second-order valence-corrected chi connectivity index (χ2v) is 8.61. The van der Waals surface area contributed by atoms with E-state index in [2.05, 4.69) is 5.32 Å². The van der Waals surface area contributed by atoms with Gasteiger partial charge in [0.2, 0.25) is 15.9 Å². The van der Waals surface area contributed by atoms with Crippen molar-refractivity contribution in [3.63, 3.8) is 0 Å². The molecule has 0 aliphatic heterocycles. The lowest BCUT2D eigenvalue weighted by Crippen LogP contribution is -2.36. The van der Waals surface area contributed by atoms with Gasteiger partial charge >= 0.3 is 0 Å². The Hall–Kier alpha value is -1.56. The van der Waals surface area contributed by atoms with Crippen LogP contribution >= 0.6 is 0 Å². The van der Waals surface area contributed by atoms with Gasteiger partial charge in [0.15, 0.2) is 0 Å². The van der Waals surface area contributed by atoms with Crippen molar-refractivity contribution in [2.45, 2.75) is 46.0 Å². The molecule has 0 fully saturated rings. The molecule has 0 aromatic heterocycles. The number of hydrogen-bond acceptors (Lipinski definition) is 3. The van der Waals surface area contributed by atoms with E-state index in [1.807, 2.05) is 45.9 Å². The summed E-state index contributed by atoms with van der Waals surface area (Å²) in [5, 5.41) is 2.78. The first-order valence-electron chi connectivity index (χ1n) is 7.91.